The van der Waals surface area contributed by atoms with Gasteiger partial charge in [0.05, 0.1) is 20.1 Å². The molecule has 3 rings (SSSR count). The van der Waals surface area contributed by atoms with E-state index in [1.807, 2.05) is 0 Å². The van der Waals surface area contributed by atoms with Gasteiger partial charge < -0.3 is 20.1 Å². The molecule has 1 heterocycles. The topological polar surface area (TPSA) is 112 Å². The van der Waals surface area contributed by atoms with Crippen molar-refractivity contribution in [2.75, 3.05) is 7.11 Å². The molecule has 144 valence electrons. The Kier molecular flexibility index (Phi) is 5.34. The summed E-state index contributed by atoms with van der Waals surface area (Å²) in [5, 5.41) is 38.6. The molecule has 28 heavy (non-hydrogen) atoms. The SMILES string of the molecule is C#CCC1(CCC(=O)c2ccc(-c3cccc(OC)c3O)c(O)c2CO)N=N1. The maximum atomic E-state index is 12.6. The van der Waals surface area contributed by atoms with Gasteiger partial charge in [0, 0.05) is 35.1 Å². The van der Waals surface area contributed by atoms with Crippen molar-refractivity contribution in [1.29, 1.82) is 0 Å². The van der Waals surface area contributed by atoms with Crippen LogP contribution in [0.4, 0.5) is 0 Å². The fourth-order valence-corrected chi connectivity index (χ4v) is 3.12. The third-order valence-electron chi connectivity index (χ3n) is 4.77. The molecular formula is C21H20N2O5. The maximum absolute atomic E-state index is 12.6. The minimum Gasteiger partial charge on any atom is -0.507 e. The highest BCUT2D eigenvalue weighted by Gasteiger charge is 2.39. The maximum Gasteiger partial charge on any atom is 0.202 e. The van der Waals surface area contributed by atoms with Crippen LogP contribution in [-0.4, -0.2) is 33.9 Å². The molecule has 0 spiro atoms. The van der Waals surface area contributed by atoms with Crippen molar-refractivity contribution in [3.8, 4) is 40.7 Å². The number of hydrogen-bond donors (Lipinski definition) is 3. The minimum atomic E-state index is -0.668. The average molecular weight is 380 g/mol. The Morgan fingerprint density at radius 3 is 2.50 bits per heavy atom. The molecule has 0 aromatic heterocycles. The first kappa shape index (κ1) is 19.4. The second-order valence-electron chi connectivity index (χ2n) is 6.49. The number of nitrogens with zero attached hydrogens (tertiary/aromatic N) is 2. The summed E-state index contributed by atoms with van der Waals surface area (Å²) in [6.45, 7) is -0.532. The summed E-state index contributed by atoms with van der Waals surface area (Å²) in [5.74, 6) is 2.08. The number of phenols is 2. The van der Waals surface area contributed by atoms with Gasteiger partial charge >= 0.3 is 0 Å². The molecule has 0 amide bonds. The van der Waals surface area contributed by atoms with E-state index in [2.05, 4.69) is 16.1 Å². The summed E-state index contributed by atoms with van der Waals surface area (Å²) in [6.07, 6.45) is 6.14. The lowest BCUT2D eigenvalue weighted by molar-refractivity contribution is 0.0971. The van der Waals surface area contributed by atoms with Gasteiger partial charge in [-0.15, -0.1) is 12.3 Å². The van der Waals surface area contributed by atoms with Crippen LogP contribution in [0, 0.1) is 12.3 Å². The van der Waals surface area contributed by atoms with E-state index in [9.17, 15) is 20.1 Å². The lowest BCUT2D eigenvalue weighted by Gasteiger charge is -2.15. The highest BCUT2D eigenvalue weighted by Crippen LogP contribution is 2.43. The number of ether oxygens (including phenoxy) is 1. The van der Waals surface area contributed by atoms with Crippen LogP contribution in [0.1, 0.15) is 35.2 Å². The number of carbonyl (C=O) groups excluding carboxylic acids is 1. The van der Waals surface area contributed by atoms with Crippen LogP contribution in [0.2, 0.25) is 0 Å². The molecule has 2 aromatic carbocycles. The van der Waals surface area contributed by atoms with E-state index in [0.29, 0.717) is 18.4 Å². The van der Waals surface area contributed by atoms with Crippen molar-refractivity contribution >= 4 is 5.78 Å². The standard InChI is InChI=1S/C21H20N2O5/c1-3-10-21(22-23-21)11-9-17(25)13-7-8-15(19(26)16(13)12-24)14-5-4-6-18(28-2)20(14)27/h1,4-8,24,26-27H,9-12H2,2H3. The Bertz CT molecular complexity index is 985. The molecule has 1 aliphatic heterocycles. The zero-order chi connectivity index (χ0) is 20.3. The van der Waals surface area contributed by atoms with Crippen LogP contribution in [-0.2, 0) is 6.61 Å². The number of aliphatic hydroxyl groups excluding tert-OH is 1. The smallest absolute Gasteiger partial charge is 0.202 e. The van der Waals surface area contributed by atoms with Crippen LogP contribution < -0.4 is 4.74 Å². The Morgan fingerprint density at radius 1 is 1.18 bits per heavy atom. The van der Waals surface area contributed by atoms with E-state index in [1.54, 1.807) is 18.2 Å². The molecular weight excluding hydrogens is 360 g/mol. The molecule has 0 fully saturated rings. The van der Waals surface area contributed by atoms with Gasteiger partial charge in [0.15, 0.2) is 17.3 Å². The van der Waals surface area contributed by atoms with E-state index in [-0.39, 0.29) is 46.1 Å². The molecule has 0 bridgehead atoms. The highest BCUT2D eigenvalue weighted by atomic mass is 16.5. The first-order chi connectivity index (χ1) is 13.5. The van der Waals surface area contributed by atoms with Crippen LogP contribution in [0.3, 0.4) is 0 Å². The Morgan fingerprint density at radius 2 is 1.89 bits per heavy atom. The molecule has 7 heteroatoms. The second-order valence-corrected chi connectivity index (χ2v) is 6.49. The van der Waals surface area contributed by atoms with E-state index >= 15 is 0 Å². The number of carbonyl (C=O) groups is 1. The number of aromatic hydroxyl groups is 2. The summed E-state index contributed by atoms with van der Waals surface area (Å²) in [4.78, 5) is 12.6. The van der Waals surface area contributed by atoms with Gasteiger partial charge in [0.1, 0.15) is 5.75 Å². The molecule has 2 aromatic rings. The number of hydrogen-bond acceptors (Lipinski definition) is 7. The van der Waals surface area contributed by atoms with E-state index in [1.165, 1.54) is 19.2 Å². The van der Waals surface area contributed by atoms with Crippen LogP contribution in [0.25, 0.3) is 11.1 Å². The average Bonchev–Trinajstić information content (AvgIpc) is 3.46. The summed E-state index contributed by atoms with van der Waals surface area (Å²) in [6, 6.07) is 7.91. The number of methoxy groups -OCH3 is 1. The highest BCUT2D eigenvalue weighted by molar-refractivity contribution is 5.99. The van der Waals surface area contributed by atoms with E-state index < -0.39 is 12.3 Å². The van der Waals surface area contributed by atoms with Gasteiger partial charge in [-0.25, -0.2) is 0 Å². The van der Waals surface area contributed by atoms with Crippen LogP contribution in [0.15, 0.2) is 40.6 Å². The molecule has 0 atom stereocenters. The minimum absolute atomic E-state index is 0.0976. The molecule has 3 N–H and O–H groups in total. The van der Waals surface area contributed by atoms with E-state index in [0.717, 1.165) is 0 Å². The number of para-hydroxylation sites is 1. The lowest BCUT2D eigenvalue weighted by Crippen LogP contribution is -2.13. The molecule has 7 nitrogen and oxygen atoms in total. The second kappa shape index (κ2) is 7.71. The zero-order valence-corrected chi connectivity index (χ0v) is 15.3. The summed E-state index contributed by atoms with van der Waals surface area (Å²) in [5.41, 5.74) is 0.253. The number of benzene rings is 2. The van der Waals surface area contributed by atoms with Gasteiger partial charge in [-0.05, 0) is 12.1 Å². The number of phenolic OH excluding ortho intramolecular Hbond substituents is 1. The molecule has 0 radical (unpaired) electrons. The predicted molar refractivity (Wildman–Crippen MR) is 102 cm³/mol. The fraction of sp³-hybridized carbons (Fsp3) is 0.286. The van der Waals surface area contributed by atoms with Gasteiger partial charge in [-0.2, -0.15) is 10.2 Å². The van der Waals surface area contributed by atoms with Crippen molar-refractivity contribution in [2.45, 2.75) is 31.5 Å². The van der Waals surface area contributed by atoms with Crippen molar-refractivity contribution in [3.05, 3.63) is 41.5 Å². The third-order valence-corrected chi connectivity index (χ3v) is 4.77. The molecule has 0 unspecified atom stereocenters. The number of ketones is 1. The van der Waals surface area contributed by atoms with Crippen molar-refractivity contribution in [2.24, 2.45) is 10.2 Å². The number of rotatable bonds is 8. The fourth-order valence-electron chi connectivity index (χ4n) is 3.12. The number of terminal acetylenes is 1. The first-order valence-electron chi connectivity index (χ1n) is 8.69. The normalized spacial score (nSPS) is 13.8. The van der Waals surface area contributed by atoms with Gasteiger partial charge in [-0.1, -0.05) is 18.2 Å². The molecule has 0 aliphatic carbocycles. The Labute approximate surface area is 162 Å². The lowest BCUT2D eigenvalue weighted by atomic mass is 9.92. The summed E-state index contributed by atoms with van der Waals surface area (Å²) >= 11 is 0. The van der Waals surface area contributed by atoms with Gasteiger partial charge in [0.25, 0.3) is 0 Å². The molecule has 1 aliphatic rings. The predicted octanol–water partition coefficient (Wildman–Crippen LogP) is 3.41. The molecule has 0 saturated carbocycles. The number of Topliss-reactive ketones (excluding diaryl/α,β-unsaturated/α-hetero) is 1. The quantitative estimate of drug-likeness (QED) is 0.480. The largest absolute Gasteiger partial charge is 0.507 e. The van der Waals surface area contributed by atoms with E-state index in [4.69, 9.17) is 11.2 Å². The molecule has 0 saturated heterocycles. The third kappa shape index (κ3) is 3.55. The van der Waals surface area contributed by atoms with Crippen molar-refractivity contribution in [3.63, 3.8) is 0 Å². The van der Waals surface area contributed by atoms with Crippen molar-refractivity contribution in [1.82, 2.24) is 0 Å². The summed E-state index contributed by atoms with van der Waals surface area (Å²) < 4.78 is 5.09. The zero-order valence-electron chi connectivity index (χ0n) is 15.3. The van der Waals surface area contributed by atoms with Gasteiger partial charge in [-0.3, -0.25) is 4.79 Å². The van der Waals surface area contributed by atoms with Crippen molar-refractivity contribution < 1.29 is 24.9 Å². The first-order valence-corrected chi connectivity index (χ1v) is 8.69. The van der Waals surface area contributed by atoms with Gasteiger partial charge in [0.2, 0.25) is 5.66 Å². The monoisotopic (exact) mass is 380 g/mol. The summed E-state index contributed by atoms with van der Waals surface area (Å²) in [7, 11) is 1.42. The Hall–Kier alpha value is -3.37. The van der Waals surface area contributed by atoms with Crippen LogP contribution >= 0.6 is 0 Å². The van der Waals surface area contributed by atoms with Crippen LogP contribution in [0.5, 0.6) is 17.2 Å². The Balaban J connectivity index is 1.90. The number of aliphatic hydroxyl groups is 1.